The molecule has 3 rings (SSSR count). The molecule has 3 aromatic rings. The maximum Gasteiger partial charge on any atom is 0.257 e. The summed E-state index contributed by atoms with van der Waals surface area (Å²) in [6, 6.07) is 25.0. The van der Waals surface area contributed by atoms with Crippen LogP contribution in [0.15, 0.2) is 90.5 Å². The van der Waals surface area contributed by atoms with Crippen LogP contribution in [0.25, 0.3) is 6.08 Å². The summed E-state index contributed by atoms with van der Waals surface area (Å²) in [5.41, 5.74) is 2.17. The van der Waals surface area contributed by atoms with Crippen molar-refractivity contribution >= 4 is 17.9 Å². The first-order chi connectivity index (χ1) is 15.0. The van der Waals surface area contributed by atoms with Gasteiger partial charge in [0.25, 0.3) is 11.8 Å². The number of nitrogens with one attached hydrogen (secondary N) is 2. The minimum Gasteiger partial charge on any atom is -0.507 e. The van der Waals surface area contributed by atoms with Gasteiger partial charge in [0.15, 0.2) is 0 Å². The smallest absolute Gasteiger partial charge is 0.257 e. The third kappa shape index (κ3) is 5.82. The Morgan fingerprint density at radius 1 is 0.710 bits per heavy atom. The molecule has 0 heterocycles. The van der Waals surface area contributed by atoms with Crippen molar-refractivity contribution in [2.24, 2.45) is 0 Å². The van der Waals surface area contributed by atoms with Crippen LogP contribution in [-0.4, -0.2) is 16.9 Å². The zero-order chi connectivity index (χ0) is 22.2. The van der Waals surface area contributed by atoms with E-state index >= 15 is 0 Å². The monoisotopic (exact) mass is 414 g/mol. The molecule has 0 aromatic heterocycles. The maximum atomic E-state index is 13.1. The molecule has 0 saturated carbocycles. The molecule has 0 aliphatic rings. The van der Waals surface area contributed by atoms with Crippen molar-refractivity contribution in [3.63, 3.8) is 0 Å². The van der Waals surface area contributed by atoms with Crippen LogP contribution in [0.1, 0.15) is 42.6 Å². The normalized spacial score (nSPS) is 13.2. The van der Waals surface area contributed by atoms with E-state index in [9.17, 15) is 14.7 Å². The van der Waals surface area contributed by atoms with E-state index in [1.54, 1.807) is 18.2 Å². The molecule has 2 amide bonds. The lowest BCUT2D eigenvalue weighted by Gasteiger charge is -2.18. The Hall–Kier alpha value is -3.86. The number of phenols is 1. The largest absolute Gasteiger partial charge is 0.507 e. The zero-order valence-electron chi connectivity index (χ0n) is 17.6. The van der Waals surface area contributed by atoms with Gasteiger partial charge in [-0.25, -0.2) is 0 Å². The molecule has 0 fully saturated rings. The first kappa shape index (κ1) is 21.8. The molecule has 5 nitrogen and oxygen atoms in total. The lowest BCUT2D eigenvalue weighted by molar-refractivity contribution is -0.124. The quantitative estimate of drug-likeness (QED) is 0.302. The van der Waals surface area contributed by atoms with Crippen LogP contribution < -0.4 is 10.6 Å². The van der Waals surface area contributed by atoms with Crippen LogP contribution in [0.2, 0.25) is 0 Å². The van der Waals surface area contributed by atoms with E-state index in [0.29, 0.717) is 5.56 Å². The van der Waals surface area contributed by atoms with Gasteiger partial charge in [0.1, 0.15) is 11.3 Å². The van der Waals surface area contributed by atoms with Gasteiger partial charge in [0.05, 0.1) is 12.1 Å². The number of phenolic OH excluding ortho intramolecular Hbond substituents is 1. The van der Waals surface area contributed by atoms with Gasteiger partial charge in [-0.3, -0.25) is 9.59 Å². The summed E-state index contributed by atoms with van der Waals surface area (Å²) in [4.78, 5) is 26.2. The summed E-state index contributed by atoms with van der Waals surface area (Å²) in [6.45, 7) is 3.71. The number of benzene rings is 3. The van der Waals surface area contributed by atoms with E-state index in [1.807, 2.05) is 74.5 Å². The number of carbonyl (C=O) groups excluding carboxylic acids is 2. The molecule has 158 valence electrons. The highest BCUT2D eigenvalue weighted by atomic mass is 16.3. The number of hydrogen-bond acceptors (Lipinski definition) is 3. The molecule has 0 saturated heterocycles. The fraction of sp³-hybridized carbons (Fsp3) is 0.154. The highest BCUT2D eigenvalue weighted by molar-refractivity contribution is 6.22. The van der Waals surface area contributed by atoms with Gasteiger partial charge in [0.2, 0.25) is 0 Å². The van der Waals surface area contributed by atoms with E-state index in [2.05, 4.69) is 10.6 Å². The first-order valence-electron chi connectivity index (χ1n) is 10.2. The fourth-order valence-corrected chi connectivity index (χ4v) is 3.20. The van der Waals surface area contributed by atoms with Gasteiger partial charge >= 0.3 is 0 Å². The minimum atomic E-state index is -0.516. The van der Waals surface area contributed by atoms with Gasteiger partial charge in [-0.05, 0) is 37.1 Å². The van der Waals surface area contributed by atoms with Crippen molar-refractivity contribution in [2.75, 3.05) is 0 Å². The number of amides is 2. The lowest BCUT2D eigenvalue weighted by atomic mass is 10.0. The third-order valence-corrected chi connectivity index (χ3v) is 5.02. The number of hydrogen-bond donors (Lipinski definition) is 3. The van der Waals surface area contributed by atoms with Gasteiger partial charge in [0, 0.05) is 5.56 Å². The zero-order valence-corrected chi connectivity index (χ0v) is 17.6. The van der Waals surface area contributed by atoms with Crippen molar-refractivity contribution in [1.29, 1.82) is 0 Å². The molecule has 0 unspecified atom stereocenters. The number of rotatable bonds is 7. The Labute approximate surface area is 182 Å². The van der Waals surface area contributed by atoms with Crippen molar-refractivity contribution in [3.8, 4) is 5.75 Å². The molecule has 0 bridgehead atoms. The molecule has 0 radical (unpaired) electrons. The Morgan fingerprint density at radius 2 is 1.13 bits per heavy atom. The molecule has 0 aliphatic carbocycles. The summed E-state index contributed by atoms with van der Waals surface area (Å²) in [7, 11) is 0. The molecular weight excluding hydrogens is 388 g/mol. The second-order valence-electron chi connectivity index (χ2n) is 7.33. The van der Waals surface area contributed by atoms with E-state index in [4.69, 9.17) is 0 Å². The third-order valence-electron chi connectivity index (χ3n) is 5.02. The highest BCUT2D eigenvalue weighted by Crippen LogP contribution is 2.21. The van der Waals surface area contributed by atoms with Crippen LogP contribution in [0.3, 0.4) is 0 Å². The van der Waals surface area contributed by atoms with E-state index < -0.39 is 11.8 Å². The summed E-state index contributed by atoms with van der Waals surface area (Å²) in [5.74, 6) is -1.04. The van der Waals surface area contributed by atoms with E-state index in [0.717, 1.165) is 11.1 Å². The fourth-order valence-electron chi connectivity index (χ4n) is 3.20. The van der Waals surface area contributed by atoms with Crippen LogP contribution >= 0.6 is 0 Å². The molecule has 3 N–H and O–H groups in total. The molecular formula is C26H26N2O3. The van der Waals surface area contributed by atoms with Crippen molar-refractivity contribution in [1.82, 2.24) is 10.6 Å². The second-order valence-corrected chi connectivity index (χ2v) is 7.33. The number of para-hydroxylation sites is 1. The van der Waals surface area contributed by atoms with Crippen LogP contribution in [0.5, 0.6) is 5.75 Å². The van der Waals surface area contributed by atoms with Crippen molar-refractivity contribution < 1.29 is 14.7 Å². The molecule has 3 aromatic carbocycles. The first-order valence-corrected chi connectivity index (χ1v) is 10.2. The Balaban J connectivity index is 1.86. The topological polar surface area (TPSA) is 78.4 Å². The van der Waals surface area contributed by atoms with Crippen LogP contribution in [-0.2, 0) is 9.59 Å². The summed E-state index contributed by atoms with van der Waals surface area (Å²) < 4.78 is 0. The van der Waals surface area contributed by atoms with Gasteiger partial charge < -0.3 is 15.7 Å². The molecule has 2 atom stereocenters. The standard InChI is InChI=1S/C26H26N2O3/c1-18(20-11-5-3-6-12-20)27-25(30)23(17-22-15-9-10-16-24(22)29)26(31)28-19(2)21-13-7-4-8-14-21/h3-19,29H,1-2H3,(H,27,30)(H,28,31)/t18-,19+. The Morgan fingerprint density at radius 3 is 1.58 bits per heavy atom. The highest BCUT2D eigenvalue weighted by Gasteiger charge is 2.22. The summed E-state index contributed by atoms with van der Waals surface area (Å²) in [6.07, 6.45) is 1.41. The summed E-state index contributed by atoms with van der Waals surface area (Å²) in [5, 5.41) is 15.9. The van der Waals surface area contributed by atoms with Gasteiger partial charge in [-0.1, -0.05) is 78.9 Å². The van der Waals surface area contributed by atoms with Crippen molar-refractivity contribution in [3.05, 3.63) is 107 Å². The van der Waals surface area contributed by atoms with Crippen molar-refractivity contribution in [2.45, 2.75) is 25.9 Å². The number of carbonyl (C=O) groups is 2. The summed E-state index contributed by atoms with van der Waals surface area (Å²) >= 11 is 0. The Bertz CT molecular complexity index is 1000. The number of aromatic hydroxyl groups is 1. The Kier molecular flexibility index (Phi) is 7.22. The minimum absolute atomic E-state index is 0.00665. The molecule has 5 heteroatoms. The van der Waals surface area contributed by atoms with E-state index in [-0.39, 0.29) is 23.4 Å². The molecule has 31 heavy (non-hydrogen) atoms. The SMILES string of the molecule is C[C@H](NC(=O)C(=Cc1ccccc1O)C(=O)N[C@H](C)c1ccccc1)c1ccccc1. The predicted octanol–water partition coefficient (Wildman–Crippen LogP) is 4.53. The average molecular weight is 415 g/mol. The van der Waals surface area contributed by atoms with E-state index in [1.165, 1.54) is 12.1 Å². The lowest BCUT2D eigenvalue weighted by Crippen LogP contribution is -2.36. The predicted molar refractivity (Wildman–Crippen MR) is 122 cm³/mol. The van der Waals surface area contributed by atoms with Crippen LogP contribution in [0.4, 0.5) is 0 Å². The maximum absolute atomic E-state index is 13.1. The second kappa shape index (κ2) is 10.3. The van der Waals surface area contributed by atoms with Gasteiger partial charge in [-0.15, -0.1) is 0 Å². The molecule has 0 aliphatic heterocycles. The average Bonchev–Trinajstić information content (AvgIpc) is 2.79. The molecule has 0 spiro atoms. The van der Waals surface area contributed by atoms with Crippen LogP contribution in [0, 0.1) is 0 Å². The van der Waals surface area contributed by atoms with Gasteiger partial charge in [-0.2, -0.15) is 0 Å².